The van der Waals surface area contributed by atoms with Gasteiger partial charge in [-0.05, 0) is 38.0 Å². The standard InChI is InChI=1S/2C6H13N3O.Ni/c2*1-5(6(2)9-10)8-4-3-7;/h2*8H,3-4,7H2,1-2H3;/q;;+2. The molecular weight excluding hydrogens is 319 g/mol. The van der Waals surface area contributed by atoms with Crippen molar-refractivity contribution in [2.24, 2.45) is 21.8 Å². The Bertz CT molecular complexity index is 324. The predicted octanol–water partition coefficient (Wildman–Crippen LogP) is 1.10. The number of rotatable bonds is 8. The van der Waals surface area contributed by atoms with Crippen molar-refractivity contribution in [1.82, 2.24) is 10.6 Å². The van der Waals surface area contributed by atoms with E-state index in [1.165, 1.54) is 0 Å². The fourth-order valence-electron chi connectivity index (χ4n) is 0.912. The Morgan fingerprint density at radius 1 is 0.810 bits per heavy atom. The molecule has 0 saturated carbocycles. The van der Waals surface area contributed by atoms with Gasteiger partial charge in [-0.1, -0.05) is 0 Å². The van der Waals surface area contributed by atoms with Crippen LogP contribution in [0.2, 0.25) is 0 Å². The minimum Gasteiger partial charge on any atom is -0.386 e. The first kappa shape index (κ1) is 24.7. The summed E-state index contributed by atoms with van der Waals surface area (Å²) >= 11 is 0. The Labute approximate surface area is 136 Å². The van der Waals surface area contributed by atoms with Gasteiger partial charge < -0.3 is 22.1 Å². The third kappa shape index (κ3) is 14.9. The van der Waals surface area contributed by atoms with Gasteiger partial charge in [-0.25, -0.2) is 0 Å². The largest absolute Gasteiger partial charge is 2.00 e. The van der Waals surface area contributed by atoms with Crippen LogP contribution in [0.3, 0.4) is 0 Å². The summed E-state index contributed by atoms with van der Waals surface area (Å²) in [6, 6.07) is 0. The Balaban J connectivity index is -0.000000295. The summed E-state index contributed by atoms with van der Waals surface area (Å²) in [6.07, 6.45) is 0. The minimum absolute atomic E-state index is 0. The van der Waals surface area contributed by atoms with Gasteiger partial charge >= 0.3 is 16.5 Å². The molecule has 0 aromatic heterocycles. The van der Waals surface area contributed by atoms with Crippen LogP contribution in [0.5, 0.6) is 0 Å². The third-order valence-corrected chi connectivity index (χ3v) is 2.43. The van der Waals surface area contributed by atoms with Crippen LogP contribution in [0.4, 0.5) is 0 Å². The van der Waals surface area contributed by atoms with Crippen LogP contribution in [-0.2, 0) is 16.5 Å². The average molecular weight is 345 g/mol. The van der Waals surface area contributed by atoms with Crippen LogP contribution in [0.15, 0.2) is 33.1 Å². The van der Waals surface area contributed by atoms with Gasteiger partial charge in [0.25, 0.3) is 0 Å². The Hall–Kier alpha value is -1.31. The molecule has 8 nitrogen and oxygen atoms in total. The van der Waals surface area contributed by atoms with Crippen molar-refractivity contribution in [3.05, 3.63) is 32.6 Å². The Kier molecular flexibility index (Phi) is 19.7. The average Bonchev–Trinajstić information content (AvgIpc) is 2.48. The second kappa shape index (κ2) is 16.7. The molecule has 0 heterocycles. The van der Waals surface area contributed by atoms with E-state index in [0.29, 0.717) is 37.6 Å². The van der Waals surface area contributed by atoms with Crippen LogP contribution in [-0.4, -0.2) is 26.2 Å². The maximum atomic E-state index is 9.93. The molecule has 0 radical (unpaired) electrons. The quantitative estimate of drug-likeness (QED) is 0.384. The molecule has 0 aliphatic heterocycles. The predicted molar refractivity (Wildman–Crippen MR) is 82.5 cm³/mol. The normalized spacial score (nSPS) is 11.7. The van der Waals surface area contributed by atoms with Gasteiger partial charge in [0.1, 0.15) is 11.4 Å². The molecule has 21 heavy (non-hydrogen) atoms. The number of hydrogen-bond donors (Lipinski definition) is 4. The zero-order valence-corrected chi connectivity index (χ0v) is 14.0. The Morgan fingerprint density at radius 3 is 1.29 bits per heavy atom. The molecule has 0 rings (SSSR count). The van der Waals surface area contributed by atoms with Gasteiger partial charge in [0.2, 0.25) is 0 Å². The van der Waals surface area contributed by atoms with E-state index in [1.54, 1.807) is 27.7 Å². The minimum atomic E-state index is 0. The molecule has 0 atom stereocenters. The first-order valence-corrected chi connectivity index (χ1v) is 6.34. The molecule has 0 fully saturated rings. The van der Waals surface area contributed by atoms with Crippen LogP contribution >= 0.6 is 0 Å². The Morgan fingerprint density at radius 2 is 1.10 bits per heavy atom. The molecular formula is C12H26N6NiO2+2. The monoisotopic (exact) mass is 344 g/mol. The van der Waals surface area contributed by atoms with Crippen molar-refractivity contribution in [3.8, 4) is 0 Å². The van der Waals surface area contributed by atoms with Crippen LogP contribution in [0.1, 0.15) is 27.7 Å². The van der Waals surface area contributed by atoms with Gasteiger partial charge in [-0.2, -0.15) is 0 Å². The molecule has 0 aromatic carbocycles. The van der Waals surface area contributed by atoms with Gasteiger partial charge in [0.05, 0.1) is 0 Å². The second-order valence-corrected chi connectivity index (χ2v) is 4.03. The van der Waals surface area contributed by atoms with Crippen LogP contribution in [0, 0.1) is 9.81 Å². The molecule has 0 amide bonds. The van der Waals surface area contributed by atoms with E-state index < -0.39 is 0 Å². The number of nitrogens with zero attached hydrogens (tertiary/aromatic N) is 2. The summed E-state index contributed by atoms with van der Waals surface area (Å²) in [4.78, 5) is 19.9. The van der Waals surface area contributed by atoms with Crippen molar-refractivity contribution in [2.75, 3.05) is 26.2 Å². The third-order valence-electron chi connectivity index (χ3n) is 2.43. The number of nitrogens with two attached hydrogens (primary N) is 2. The van der Waals surface area contributed by atoms with E-state index in [1.807, 2.05) is 0 Å². The van der Waals surface area contributed by atoms with E-state index in [9.17, 15) is 9.81 Å². The van der Waals surface area contributed by atoms with Crippen molar-refractivity contribution >= 4 is 0 Å². The second-order valence-electron chi connectivity index (χ2n) is 4.03. The molecule has 0 spiro atoms. The van der Waals surface area contributed by atoms with Crippen molar-refractivity contribution < 1.29 is 16.5 Å². The molecule has 0 aliphatic rings. The SMILES string of the molecule is CC(N=O)=C(C)NCCN.CC(N=O)=C(C)NCCN.[Ni+2]. The van der Waals surface area contributed by atoms with E-state index >= 15 is 0 Å². The fourth-order valence-corrected chi connectivity index (χ4v) is 0.912. The number of nitrogens with one attached hydrogen (secondary N) is 2. The molecule has 124 valence electrons. The molecule has 0 saturated heterocycles. The van der Waals surface area contributed by atoms with Gasteiger partial charge in [-0.15, -0.1) is 9.81 Å². The zero-order valence-electron chi connectivity index (χ0n) is 13.0. The number of nitroso groups, excluding NO2 is 2. The summed E-state index contributed by atoms with van der Waals surface area (Å²) in [6.45, 7) is 9.39. The maximum Gasteiger partial charge on any atom is 2.00 e. The summed E-state index contributed by atoms with van der Waals surface area (Å²) in [7, 11) is 0. The molecule has 0 unspecified atom stereocenters. The molecule has 0 aromatic rings. The van der Waals surface area contributed by atoms with Crippen molar-refractivity contribution in [2.45, 2.75) is 27.7 Å². The summed E-state index contributed by atoms with van der Waals surface area (Å²) < 4.78 is 0. The van der Waals surface area contributed by atoms with E-state index in [4.69, 9.17) is 11.5 Å². The van der Waals surface area contributed by atoms with E-state index in [0.717, 1.165) is 11.4 Å². The summed E-state index contributed by atoms with van der Waals surface area (Å²) in [5, 5.41) is 11.4. The van der Waals surface area contributed by atoms with Crippen molar-refractivity contribution in [1.29, 1.82) is 0 Å². The maximum absolute atomic E-state index is 9.93. The van der Waals surface area contributed by atoms with E-state index in [2.05, 4.69) is 21.0 Å². The smallest absolute Gasteiger partial charge is 0.386 e. The zero-order chi connectivity index (χ0) is 16.0. The number of hydrogen-bond acceptors (Lipinski definition) is 8. The fraction of sp³-hybridized carbons (Fsp3) is 0.667. The van der Waals surface area contributed by atoms with Gasteiger partial charge in [0, 0.05) is 37.6 Å². The van der Waals surface area contributed by atoms with Crippen molar-refractivity contribution in [3.63, 3.8) is 0 Å². The first-order valence-electron chi connectivity index (χ1n) is 6.34. The summed E-state index contributed by atoms with van der Waals surface area (Å²) in [5.74, 6) is 0. The van der Waals surface area contributed by atoms with E-state index in [-0.39, 0.29) is 16.5 Å². The number of allylic oxidation sites excluding steroid dienone is 4. The summed E-state index contributed by atoms with van der Waals surface area (Å²) in [5.41, 5.74) is 13.0. The van der Waals surface area contributed by atoms with Crippen LogP contribution in [0.25, 0.3) is 0 Å². The van der Waals surface area contributed by atoms with Crippen LogP contribution < -0.4 is 22.1 Å². The molecule has 6 N–H and O–H groups in total. The molecule has 9 heteroatoms. The van der Waals surface area contributed by atoms with Gasteiger partial charge in [0.15, 0.2) is 0 Å². The van der Waals surface area contributed by atoms with Gasteiger partial charge in [-0.3, -0.25) is 0 Å². The molecule has 0 aliphatic carbocycles. The first-order chi connectivity index (χ1) is 9.44. The topological polar surface area (TPSA) is 135 Å². The molecule has 0 bridgehead atoms.